The Morgan fingerprint density at radius 1 is 1.47 bits per heavy atom. The highest BCUT2D eigenvalue weighted by atomic mass is 32.2. The van der Waals surface area contributed by atoms with E-state index < -0.39 is 0 Å². The van der Waals surface area contributed by atoms with Crippen molar-refractivity contribution in [2.24, 2.45) is 5.73 Å². The molecule has 0 aromatic heterocycles. The number of anilines is 1. The summed E-state index contributed by atoms with van der Waals surface area (Å²) in [6.45, 7) is 2.81. The standard InChI is InChI=1S/C14H19N3OS/c1-11(6-8-15)19-9-7-14(18)17-13-4-2-12(10-16)3-5-13/h2-5,11H,6-9,15H2,1H3,(H,17,18). The van der Waals surface area contributed by atoms with Crippen molar-refractivity contribution in [2.45, 2.75) is 25.0 Å². The van der Waals surface area contributed by atoms with Gasteiger partial charge in [-0.25, -0.2) is 0 Å². The van der Waals surface area contributed by atoms with Gasteiger partial charge in [0.2, 0.25) is 5.91 Å². The Balaban J connectivity index is 2.29. The van der Waals surface area contributed by atoms with Crippen LogP contribution in [0, 0.1) is 11.3 Å². The first kappa shape index (κ1) is 15.5. The molecule has 5 heteroatoms. The van der Waals surface area contributed by atoms with Crippen LogP contribution in [-0.4, -0.2) is 23.5 Å². The van der Waals surface area contributed by atoms with Crippen molar-refractivity contribution >= 4 is 23.4 Å². The van der Waals surface area contributed by atoms with E-state index >= 15 is 0 Å². The van der Waals surface area contributed by atoms with E-state index in [2.05, 4.69) is 12.2 Å². The topological polar surface area (TPSA) is 78.9 Å². The normalized spacial score (nSPS) is 11.6. The second-order valence-electron chi connectivity index (χ2n) is 4.25. The van der Waals surface area contributed by atoms with Crippen LogP contribution in [0.5, 0.6) is 0 Å². The summed E-state index contributed by atoms with van der Waals surface area (Å²) >= 11 is 1.76. The molecule has 3 N–H and O–H groups in total. The summed E-state index contributed by atoms with van der Waals surface area (Å²) < 4.78 is 0. The van der Waals surface area contributed by atoms with Crippen LogP contribution in [0.4, 0.5) is 5.69 Å². The molecule has 19 heavy (non-hydrogen) atoms. The maximum absolute atomic E-state index is 11.7. The van der Waals surface area contributed by atoms with E-state index in [0.29, 0.717) is 23.8 Å². The summed E-state index contributed by atoms with van der Waals surface area (Å²) in [5.41, 5.74) is 6.78. The Labute approximate surface area is 118 Å². The molecule has 102 valence electrons. The predicted molar refractivity (Wildman–Crippen MR) is 80.0 cm³/mol. The quantitative estimate of drug-likeness (QED) is 0.802. The van der Waals surface area contributed by atoms with E-state index in [1.165, 1.54) is 0 Å². The number of carbonyl (C=O) groups is 1. The Morgan fingerprint density at radius 2 is 2.16 bits per heavy atom. The third-order valence-electron chi connectivity index (χ3n) is 2.60. The van der Waals surface area contributed by atoms with Crippen molar-refractivity contribution < 1.29 is 4.79 Å². The third-order valence-corrected chi connectivity index (χ3v) is 3.85. The molecule has 1 aromatic rings. The van der Waals surface area contributed by atoms with Gasteiger partial charge in [-0.1, -0.05) is 6.92 Å². The van der Waals surface area contributed by atoms with E-state index in [0.717, 1.165) is 17.9 Å². The molecular weight excluding hydrogens is 258 g/mol. The van der Waals surface area contributed by atoms with Crippen LogP contribution in [0.25, 0.3) is 0 Å². The Bertz CT molecular complexity index is 439. The molecular formula is C14H19N3OS. The van der Waals surface area contributed by atoms with Gasteiger partial charge in [0, 0.05) is 23.1 Å². The van der Waals surface area contributed by atoms with Gasteiger partial charge in [0.1, 0.15) is 0 Å². The minimum absolute atomic E-state index is 0.00263. The highest BCUT2D eigenvalue weighted by Gasteiger charge is 2.05. The molecule has 1 rings (SSSR count). The van der Waals surface area contributed by atoms with Crippen molar-refractivity contribution in [1.29, 1.82) is 5.26 Å². The minimum Gasteiger partial charge on any atom is -0.330 e. The van der Waals surface area contributed by atoms with Gasteiger partial charge >= 0.3 is 0 Å². The van der Waals surface area contributed by atoms with Gasteiger partial charge in [-0.3, -0.25) is 4.79 Å². The van der Waals surface area contributed by atoms with Crippen molar-refractivity contribution in [3.63, 3.8) is 0 Å². The largest absolute Gasteiger partial charge is 0.330 e. The maximum Gasteiger partial charge on any atom is 0.225 e. The summed E-state index contributed by atoms with van der Waals surface area (Å²) in [5, 5.41) is 12.0. The van der Waals surface area contributed by atoms with Crippen LogP contribution in [0.2, 0.25) is 0 Å². The number of nitrogens with zero attached hydrogens (tertiary/aromatic N) is 1. The number of thioether (sulfide) groups is 1. The third kappa shape index (κ3) is 6.27. The molecule has 1 amide bonds. The van der Waals surface area contributed by atoms with Gasteiger partial charge in [0.15, 0.2) is 0 Å². The number of hydrogen-bond acceptors (Lipinski definition) is 4. The number of hydrogen-bond donors (Lipinski definition) is 2. The Kier molecular flexibility index (Phi) is 7.01. The smallest absolute Gasteiger partial charge is 0.225 e. The Morgan fingerprint density at radius 3 is 2.74 bits per heavy atom. The molecule has 1 atom stereocenters. The molecule has 0 aliphatic heterocycles. The summed E-state index contributed by atoms with van der Waals surface area (Å²) in [5.74, 6) is 0.792. The predicted octanol–water partition coefficient (Wildman–Crippen LogP) is 2.36. The summed E-state index contributed by atoms with van der Waals surface area (Å²) in [6, 6.07) is 8.89. The second-order valence-corrected chi connectivity index (χ2v) is 5.79. The summed E-state index contributed by atoms with van der Waals surface area (Å²) in [4.78, 5) is 11.7. The van der Waals surface area contributed by atoms with E-state index in [-0.39, 0.29) is 5.91 Å². The van der Waals surface area contributed by atoms with Crippen molar-refractivity contribution in [2.75, 3.05) is 17.6 Å². The fourth-order valence-electron chi connectivity index (χ4n) is 1.52. The average Bonchev–Trinajstić information content (AvgIpc) is 2.40. The zero-order chi connectivity index (χ0) is 14.1. The highest BCUT2D eigenvalue weighted by molar-refractivity contribution is 7.99. The lowest BCUT2D eigenvalue weighted by molar-refractivity contribution is -0.115. The molecule has 0 radical (unpaired) electrons. The molecule has 1 unspecified atom stereocenters. The number of benzene rings is 1. The minimum atomic E-state index is -0.00263. The zero-order valence-corrected chi connectivity index (χ0v) is 11.9. The summed E-state index contributed by atoms with van der Waals surface area (Å²) in [7, 11) is 0. The summed E-state index contributed by atoms with van der Waals surface area (Å²) in [6.07, 6.45) is 1.46. The number of rotatable bonds is 7. The SMILES string of the molecule is CC(CCN)SCCC(=O)Nc1ccc(C#N)cc1. The van der Waals surface area contributed by atoms with E-state index in [9.17, 15) is 4.79 Å². The van der Waals surface area contributed by atoms with Crippen LogP contribution in [0.3, 0.4) is 0 Å². The lowest BCUT2D eigenvalue weighted by Crippen LogP contribution is -2.13. The fourth-order valence-corrected chi connectivity index (χ4v) is 2.53. The van der Waals surface area contributed by atoms with E-state index in [1.807, 2.05) is 6.07 Å². The molecule has 0 aliphatic rings. The maximum atomic E-state index is 11.7. The van der Waals surface area contributed by atoms with Crippen LogP contribution in [0.15, 0.2) is 24.3 Å². The molecule has 0 aliphatic carbocycles. The number of nitrogens with one attached hydrogen (secondary N) is 1. The average molecular weight is 277 g/mol. The van der Waals surface area contributed by atoms with E-state index in [4.69, 9.17) is 11.0 Å². The molecule has 4 nitrogen and oxygen atoms in total. The first-order valence-electron chi connectivity index (χ1n) is 6.27. The lowest BCUT2D eigenvalue weighted by Gasteiger charge is -2.09. The lowest BCUT2D eigenvalue weighted by atomic mass is 10.2. The van der Waals surface area contributed by atoms with Gasteiger partial charge < -0.3 is 11.1 Å². The second kappa shape index (κ2) is 8.57. The molecule has 1 aromatic carbocycles. The number of nitrogens with two attached hydrogens (primary N) is 1. The van der Waals surface area contributed by atoms with Crippen LogP contribution in [0.1, 0.15) is 25.3 Å². The van der Waals surface area contributed by atoms with E-state index in [1.54, 1.807) is 36.0 Å². The molecule has 0 heterocycles. The van der Waals surface area contributed by atoms with Crippen molar-refractivity contribution in [1.82, 2.24) is 0 Å². The van der Waals surface area contributed by atoms with Gasteiger partial charge in [-0.2, -0.15) is 17.0 Å². The molecule has 0 saturated carbocycles. The molecule has 0 bridgehead atoms. The fraction of sp³-hybridized carbons (Fsp3) is 0.429. The van der Waals surface area contributed by atoms with Gasteiger partial charge in [0.25, 0.3) is 0 Å². The molecule has 0 fully saturated rings. The first-order chi connectivity index (χ1) is 9.15. The first-order valence-corrected chi connectivity index (χ1v) is 7.32. The molecule has 0 saturated heterocycles. The molecule has 0 spiro atoms. The van der Waals surface area contributed by atoms with Crippen LogP contribution >= 0.6 is 11.8 Å². The highest BCUT2D eigenvalue weighted by Crippen LogP contribution is 2.15. The number of nitriles is 1. The number of carbonyl (C=O) groups excluding carboxylic acids is 1. The van der Waals surface area contributed by atoms with Gasteiger partial charge in [-0.05, 0) is 37.2 Å². The van der Waals surface area contributed by atoms with Gasteiger partial charge in [0.05, 0.1) is 11.6 Å². The monoisotopic (exact) mass is 277 g/mol. The van der Waals surface area contributed by atoms with Crippen LogP contribution < -0.4 is 11.1 Å². The Hall–Kier alpha value is -1.51. The number of amides is 1. The van der Waals surface area contributed by atoms with Gasteiger partial charge in [-0.15, -0.1) is 0 Å². The zero-order valence-electron chi connectivity index (χ0n) is 11.1. The van der Waals surface area contributed by atoms with Crippen LogP contribution in [-0.2, 0) is 4.79 Å². The van der Waals surface area contributed by atoms with Crippen molar-refractivity contribution in [3.05, 3.63) is 29.8 Å². The van der Waals surface area contributed by atoms with Crippen molar-refractivity contribution in [3.8, 4) is 6.07 Å².